The van der Waals surface area contributed by atoms with Crippen LogP contribution in [-0.2, 0) is 11.0 Å². The third-order valence-electron chi connectivity index (χ3n) is 4.96. The van der Waals surface area contributed by atoms with Gasteiger partial charge in [0.15, 0.2) is 0 Å². The summed E-state index contributed by atoms with van der Waals surface area (Å²) in [5.41, 5.74) is 2.33. The van der Waals surface area contributed by atoms with Crippen molar-refractivity contribution in [3.05, 3.63) is 69.7 Å². The van der Waals surface area contributed by atoms with Gasteiger partial charge in [0.05, 0.1) is 11.3 Å². The van der Waals surface area contributed by atoms with Crippen molar-refractivity contribution in [1.29, 1.82) is 0 Å². The highest BCUT2D eigenvalue weighted by Gasteiger charge is 2.30. The molecule has 0 bridgehead atoms. The van der Waals surface area contributed by atoms with Crippen LogP contribution in [0.3, 0.4) is 0 Å². The molecular formula is C23H22F3NO2S. The maximum Gasteiger partial charge on any atom is 0.416 e. The number of carbonyl (C=O) groups excluding carboxylic acids is 1. The van der Waals surface area contributed by atoms with Gasteiger partial charge in [-0.25, -0.2) is 4.98 Å². The van der Waals surface area contributed by atoms with Gasteiger partial charge in [-0.15, -0.1) is 11.3 Å². The molecule has 3 rings (SSSR count). The van der Waals surface area contributed by atoms with E-state index >= 15 is 0 Å². The fraction of sp³-hybridized carbons (Fsp3) is 0.304. The lowest BCUT2D eigenvalue weighted by atomic mass is 9.90. The Bertz CT molecular complexity index is 1040. The highest BCUT2D eigenvalue weighted by atomic mass is 32.1. The molecule has 0 aliphatic rings. The first-order chi connectivity index (χ1) is 14.1. The van der Waals surface area contributed by atoms with Gasteiger partial charge >= 0.3 is 6.18 Å². The smallest absolute Gasteiger partial charge is 0.416 e. The lowest BCUT2D eigenvalue weighted by molar-refractivity contribution is -0.137. The highest BCUT2D eigenvalue weighted by molar-refractivity contribution is 7.15. The summed E-state index contributed by atoms with van der Waals surface area (Å²) >= 11 is 1.39. The number of carbonyl (C=O) groups is 1. The molecule has 1 atom stereocenters. The van der Waals surface area contributed by atoms with E-state index in [2.05, 4.69) is 0 Å². The van der Waals surface area contributed by atoms with Gasteiger partial charge in [-0.2, -0.15) is 13.2 Å². The number of hydrogen-bond acceptors (Lipinski definition) is 4. The van der Waals surface area contributed by atoms with E-state index in [-0.39, 0.29) is 24.0 Å². The molecule has 1 unspecified atom stereocenters. The lowest BCUT2D eigenvalue weighted by Crippen LogP contribution is -2.05. The Morgan fingerprint density at radius 3 is 2.33 bits per heavy atom. The van der Waals surface area contributed by atoms with Crippen molar-refractivity contribution in [3.63, 3.8) is 0 Å². The molecule has 158 valence electrons. The molecule has 0 fully saturated rings. The lowest BCUT2D eigenvalue weighted by Gasteiger charge is -2.17. The Kier molecular flexibility index (Phi) is 6.31. The molecule has 3 nitrogen and oxygen atoms in total. The zero-order chi connectivity index (χ0) is 22.1. The van der Waals surface area contributed by atoms with E-state index in [0.29, 0.717) is 16.1 Å². The summed E-state index contributed by atoms with van der Waals surface area (Å²) in [6, 6.07) is 10.2. The van der Waals surface area contributed by atoms with Crippen molar-refractivity contribution in [2.45, 2.75) is 45.2 Å². The molecule has 0 saturated heterocycles. The third-order valence-corrected chi connectivity index (χ3v) is 6.19. The maximum atomic E-state index is 12.9. The van der Waals surface area contributed by atoms with Gasteiger partial charge in [-0.3, -0.25) is 0 Å². The summed E-state index contributed by atoms with van der Waals surface area (Å²) in [7, 11) is 0. The van der Waals surface area contributed by atoms with E-state index < -0.39 is 11.7 Å². The van der Waals surface area contributed by atoms with Crippen LogP contribution in [0.1, 0.15) is 59.4 Å². The van der Waals surface area contributed by atoms with Gasteiger partial charge < -0.3 is 9.90 Å². The number of halogens is 3. The Hall–Kier alpha value is -2.67. The van der Waals surface area contributed by atoms with Crippen LogP contribution in [0, 0.1) is 6.92 Å². The van der Waals surface area contributed by atoms with E-state index in [1.165, 1.54) is 23.5 Å². The fourth-order valence-electron chi connectivity index (χ4n) is 3.32. The average Bonchev–Trinajstić information content (AvgIpc) is 3.13. The number of thiazole rings is 1. The zero-order valence-electron chi connectivity index (χ0n) is 16.8. The Labute approximate surface area is 177 Å². The molecule has 7 heteroatoms. The van der Waals surface area contributed by atoms with Gasteiger partial charge in [0.25, 0.3) is 0 Å². The molecule has 3 aromatic rings. The second-order valence-electron chi connectivity index (χ2n) is 7.50. The van der Waals surface area contributed by atoms with Crippen molar-refractivity contribution in [2.75, 3.05) is 0 Å². The standard InChI is InChI=1S/C23H22F3NO2S/c1-13(2)20-21(18(10-11-28)16-6-9-19(29)14(3)12-16)30-22(27-20)15-4-7-17(8-5-15)23(24,25)26/h4-9,11-13,18,29H,10H2,1-3H3. The number of nitrogens with zero attached hydrogens (tertiary/aromatic N) is 1. The number of benzene rings is 2. The zero-order valence-corrected chi connectivity index (χ0v) is 17.6. The number of rotatable bonds is 6. The molecule has 0 radical (unpaired) electrons. The number of aromatic hydroxyl groups is 1. The normalized spacial score (nSPS) is 12.9. The molecular weight excluding hydrogens is 411 g/mol. The van der Waals surface area contributed by atoms with Crippen LogP contribution >= 0.6 is 11.3 Å². The van der Waals surface area contributed by atoms with Crippen LogP contribution in [-0.4, -0.2) is 16.4 Å². The van der Waals surface area contributed by atoms with Gasteiger partial charge in [0, 0.05) is 22.8 Å². The molecule has 30 heavy (non-hydrogen) atoms. The van der Waals surface area contributed by atoms with E-state index in [1.54, 1.807) is 19.1 Å². The van der Waals surface area contributed by atoms with Crippen molar-refractivity contribution >= 4 is 17.6 Å². The first kappa shape index (κ1) is 22.0. The molecule has 0 aliphatic heterocycles. The Morgan fingerprint density at radius 2 is 1.80 bits per heavy atom. The van der Waals surface area contributed by atoms with Crippen molar-refractivity contribution in [1.82, 2.24) is 4.98 Å². The minimum absolute atomic E-state index is 0.0758. The van der Waals surface area contributed by atoms with Crippen LogP contribution in [0.4, 0.5) is 13.2 Å². The molecule has 1 N–H and O–H groups in total. The van der Waals surface area contributed by atoms with Crippen LogP contribution < -0.4 is 0 Å². The number of phenolic OH excluding ortho intramolecular Hbond substituents is 1. The van der Waals surface area contributed by atoms with Crippen molar-refractivity contribution < 1.29 is 23.1 Å². The third kappa shape index (κ3) is 4.56. The second-order valence-corrected chi connectivity index (χ2v) is 8.53. The molecule has 2 aromatic carbocycles. The van der Waals surface area contributed by atoms with Gasteiger partial charge in [-0.1, -0.05) is 38.1 Å². The largest absolute Gasteiger partial charge is 0.508 e. The number of aryl methyl sites for hydroxylation is 1. The number of alkyl halides is 3. The van der Waals surface area contributed by atoms with Crippen LogP contribution in [0.15, 0.2) is 42.5 Å². The topological polar surface area (TPSA) is 50.2 Å². The fourth-order valence-corrected chi connectivity index (χ4v) is 4.69. The summed E-state index contributed by atoms with van der Waals surface area (Å²) in [6.07, 6.45) is -3.28. The molecule has 1 heterocycles. The predicted molar refractivity (Wildman–Crippen MR) is 112 cm³/mol. The summed E-state index contributed by atoms with van der Waals surface area (Å²) in [5, 5.41) is 10.5. The Balaban J connectivity index is 2.08. The molecule has 0 saturated carbocycles. The van der Waals surface area contributed by atoms with Crippen LogP contribution in [0.2, 0.25) is 0 Å². The SMILES string of the molecule is Cc1cc(C(CC=O)c2sc(-c3ccc(C(F)(F)F)cc3)nc2C(C)C)ccc1O. The quantitative estimate of drug-likeness (QED) is 0.441. The second kappa shape index (κ2) is 8.60. The summed E-state index contributed by atoms with van der Waals surface area (Å²) in [4.78, 5) is 17.1. The van der Waals surface area contributed by atoms with E-state index in [1.807, 2.05) is 19.9 Å². The summed E-state index contributed by atoms with van der Waals surface area (Å²) < 4.78 is 38.6. The average molecular weight is 433 g/mol. The number of aldehydes is 1. The minimum Gasteiger partial charge on any atom is -0.508 e. The van der Waals surface area contributed by atoms with E-state index in [9.17, 15) is 23.1 Å². The van der Waals surface area contributed by atoms with Gasteiger partial charge in [-0.05, 0) is 42.2 Å². The van der Waals surface area contributed by atoms with E-state index in [4.69, 9.17) is 4.98 Å². The van der Waals surface area contributed by atoms with Crippen LogP contribution in [0.25, 0.3) is 10.6 Å². The first-order valence-electron chi connectivity index (χ1n) is 9.53. The maximum absolute atomic E-state index is 12.9. The Morgan fingerprint density at radius 1 is 1.13 bits per heavy atom. The van der Waals surface area contributed by atoms with Crippen LogP contribution in [0.5, 0.6) is 5.75 Å². The number of phenols is 1. The molecule has 0 spiro atoms. The van der Waals surface area contributed by atoms with E-state index in [0.717, 1.165) is 34.6 Å². The van der Waals surface area contributed by atoms with Crippen molar-refractivity contribution in [2.24, 2.45) is 0 Å². The minimum atomic E-state index is -4.39. The predicted octanol–water partition coefficient (Wildman–Crippen LogP) is 6.69. The monoisotopic (exact) mass is 433 g/mol. The van der Waals surface area contributed by atoms with Gasteiger partial charge in [0.2, 0.25) is 0 Å². The molecule has 0 amide bonds. The molecule has 1 aromatic heterocycles. The highest BCUT2D eigenvalue weighted by Crippen LogP contribution is 2.41. The summed E-state index contributed by atoms with van der Waals surface area (Å²) in [6.45, 7) is 5.78. The molecule has 0 aliphatic carbocycles. The first-order valence-corrected chi connectivity index (χ1v) is 10.3. The van der Waals surface area contributed by atoms with Crippen molar-refractivity contribution in [3.8, 4) is 16.3 Å². The number of hydrogen-bond donors (Lipinski definition) is 1. The summed E-state index contributed by atoms with van der Waals surface area (Å²) in [5.74, 6) is 0.0224. The van der Waals surface area contributed by atoms with Gasteiger partial charge in [0.1, 0.15) is 17.0 Å². The number of aromatic nitrogens is 1.